The van der Waals surface area contributed by atoms with Crippen molar-refractivity contribution in [3.05, 3.63) is 79.3 Å². The summed E-state index contributed by atoms with van der Waals surface area (Å²) in [5, 5.41) is 2.60. The first-order chi connectivity index (χ1) is 10.1. The van der Waals surface area contributed by atoms with Crippen LogP contribution in [0.15, 0.2) is 59.1 Å². The summed E-state index contributed by atoms with van der Waals surface area (Å²) >= 11 is 9.91. The zero-order valence-electron chi connectivity index (χ0n) is 11.4. The lowest BCUT2D eigenvalue weighted by Crippen LogP contribution is -2.00. The van der Waals surface area contributed by atoms with Crippen molar-refractivity contribution in [1.29, 1.82) is 0 Å². The first kappa shape index (κ1) is 15.5. The van der Waals surface area contributed by atoms with Gasteiger partial charge in [0, 0.05) is 8.04 Å². The van der Waals surface area contributed by atoms with Crippen molar-refractivity contribution in [2.24, 2.45) is 0 Å². The monoisotopic (exact) mass is 514 g/mol. The van der Waals surface area contributed by atoms with E-state index >= 15 is 0 Å². The number of fused-ring (bicyclic) bond motifs is 1. The fourth-order valence-corrected chi connectivity index (χ4v) is 5.05. The first-order valence-electron chi connectivity index (χ1n) is 6.65. The molecule has 0 radical (unpaired) electrons. The van der Waals surface area contributed by atoms with Gasteiger partial charge >= 0.3 is 0 Å². The van der Waals surface area contributed by atoms with E-state index in [9.17, 15) is 0 Å². The largest absolute Gasteiger partial charge is 0.0786 e. The molecule has 1 atom stereocenters. The summed E-state index contributed by atoms with van der Waals surface area (Å²) in [6.45, 7) is 2.18. The van der Waals surface area contributed by atoms with Crippen LogP contribution in [0.25, 0.3) is 10.8 Å². The van der Waals surface area contributed by atoms with E-state index in [1.165, 1.54) is 31.0 Å². The summed E-state index contributed by atoms with van der Waals surface area (Å²) in [5.74, 6) is 0. The fourth-order valence-electron chi connectivity index (χ4n) is 2.61. The van der Waals surface area contributed by atoms with Gasteiger partial charge in [-0.15, -0.1) is 0 Å². The molecular formula is C18H13Br2I. The molecule has 21 heavy (non-hydrogen) atoms. The molecule has 0 aliphatic carbocycles. The van der Waals surface area contributed by atoms with E-state index in [0.717, 1.165) is 4.47 Å². The van der Waals surface area contributed by atoms with Crippen molar-refractivity contribution < 1.29 is 0 Å². The summed E-state index contributed by atoms with van der Waals surface area (Å²) in [4.78, 5) is 0.188. The predicted octanol–water partition coefficient (Wildman–Crippen LogP) is 7.00. The van der Waals surface area contributed by atoms with Crippen LogP contribution in [0, 0.1) is 10.5 Å². The second-order valence-corrected chi connectivity index (χ2v) is 8.04. The van der Waals surface area contributed by atoms with Gasteiger partial charge in [0.1, 0.15) is 0 Å². The van der Waals surface area contributed by atoms with Gasteiger partial charge < -0.3 is 0 Å². The molecular weight excluding hydrogens is 503 g/mol. The van der Waals surface area contributed by atoms with Gasteiger partial charge in [-0.25, -0.2) is 0 Å². The van der Waals surface area contributed by atoms with Crippen LogP contribution in [0.4, 0.5) is 0 Å². The average molecular weight is 516 g/mol. The van der Waals surface area contributed by atoms with Gasteiger partial charge in [0.2, 0.25) is 0 Å². The van der Waals surface area contributed by atoms with E-state index in [4.69, 9.17) is 0 Å². The summed E-state index contributed by atoms with van der Waals surface area (Å²) in [5.41, 5.74) is 3.96. The summed E-state index contributed by atoms with van der Waals surface area (Å²) in [7, 11) is 0. The molecule has 0 aliphatic rings. The number of alkyl halides is 1. The fraction of sp³-hybridized carbons (Fsp3) is 0.111. The minimum absolute atomic E-state index is 0.188. The normalized spacial score (nSPS) is 12.6. The summed E-state index contributed by atoms with van der Waals surface area (Å²) in [6, 6.07) is 19.4. The Morgan fingerprint density at radius 1 is 1.00 bits per heavy atom. The number of hydrogen-bond acceptors (Lipinski definition) is 0. The predicted molar refractivity (Wildman–Crippen MR) is 106 cm³/mol. The number of halogens is 3. The Morgan fingerprint density at radius 3 is 2.57 bits per heavy atom. The third-order valence-corrected chi connectivity index (χ3v) is 6.10. The van der Waals surface area contributed by atoms with Gasteiger partial charge in [0.15, 0.2) is 0 Å². The van der Waals surface area contributed by atoms with Crippen molar-refractivity contribution in [1.82, 2.24) is 0 Å². The Kier molecular flexibility index (Phi) is 4.71. The number of rotatable bonds is 2. The molecule has 0 heterocycles. The second-order valence-electron chi connectivity index (χ2n) is 5.05. The van der Waals surface area contributed by atoms with Crippen LogP contribution in [-0.2, 0) is 0 Å². The molecule has 0 nitrogen and oxygen atoms in total. The van der Waals surface area contributed by atoms with Crippen LogP contribution in [0.2, 0.25) is 0 Å². The zero-order chi connectivity index (χ0) is 15.0. The van der Waals surface area contributed by atoms with Gasteiger partial charge in [-0.05, 0) is 75.2 Å². The van der Waals surface area contributed by atoms with Crippen LogP contribution in [0.3, 0.4) is 0 Å². The van der Waals surface area contributed by atoms with Crippen LogP contribution in [0.5, 0.6) is 0 Å². The molecule has 106 valence electrons. The van der Waals surface area contributed by atoms with Crippen molar-refractivity contribution in [3.63, 3.8) is 0 Å². The van der Waals surface area contributed by atoms with E-state index in [1.807, 2.05) is 0 Å². The van der Waals surface area contributed by atoms with Crippen molar-refractivity contribution in [2.75, 3.05) is 0 Å². The Balaban J connectivity index is 2.24. The lowest BCUT2D eigenvalue weighted by Gasteiger charge is -2.18. The van der Waals surface area contributed by atoms with E-state index in [2.05, 4.69) is 116 Å². The van der Waals surface area contributed by atoms with Crippen LogP contribution in [0.1, 0.15) is 21.5 Å². The Hall–Kier alpha value is -0.390. The number of aryl methyl sites for hydroxylation is 1. The third-order valence-electron chi connectivity index (χ3n) is 3.67. The molecule has 0 saturated carbocycles. The number of benzene rings is 3. The minimum atomic E-state index is 0.188. The topological polar surface area (TPSA) is 0 Å². The van der Waals surface area contributed by atoms with E-state index in [0.29, 0.717) is 0 Å². The Bertz CT molecular complexity index is 811. The molecule has 0 amide bonds. The van der Waals surface area contributed by atoms with Crippen molar-refractivity contribution >= 4 is 65.2 Å². The molecule has 0 aromatic heterocycles. The molecule has 0 N–H and O–H groups in total. The molecule has 3 heteroatoms. The highest BCUT2D eigenvalue weighted by atomic mass is 127. The van der Waals surface area contributed by atoms with Crippen molar-refractivity contribution in [3.8, 4) is 0 Å². The summed E-state index contributed by atoms with van der Waals surface area (Å²) < 4.78 is 2.38. The van der Waals surface area contributed by atoms with Gasteiger partial charge in [0.05, 0.1) is 4.83 Å². The average Bonchev–Trinajstić information content (AvgIpc) is 2.49. The van der Waals surface area contributed by atoms with E-state index in [1.54, 1.807) is 0 Å². The Labute approximate surface area is 155 Å². The molecule has 3 aromatic carbocycles. The van der Waals surface area contributed by atoms with E-state index < -0.39 is 0 Å². The smallest absolute Gasteiger partial charge is 0.0663 e. The lowest BCUT2D eigenvalue weighted by molar-refractivity contribution is 1.15. The van der Waals surface area contributed by atoms with Gasteiger partial charge in [0.25, 0.3) is 0 Å². The van der Waals surface area contributed by atoms with Gasteiger partial charge in [-0.2, -0.15) is 0 Å². The summed E-state index contributed by atoms with van der Waals surface area (Å²) in [6.07, 6.45) is 0. The molecule has 0 saturated heterocycles. The highest BCUT2D eigenvalue weighted by molar-refractivity contribution is 14.1. The molecule has 3 aromatic rings. The zero-order valence-corrected chi connectivity index (χ0v) is 16.7. The molecule has 0 aliphatic heterocycles. The van der Waals surface area contributed by atoms with Crippen LogP contribution in [-0.4, -0.2) is 0 Å². The highest BCUT2D eigenvalue weighted by Crippen LogP contribution is 2.40. The standard InChI is InChI=1S/C18H13Br2I/c1-11-6-7-12-4-2-3-5-14(12)17(11)18(20)15-10-13(19)8-9-16(15)21/h2-10,18H,1H3. The highest BCUT2D eigenvalue weighted by Gasteiger charge is 2.18. The maximum atomic E-state index is 3.93. The Morgan fingerprint density at radius 2 is 1.76 bits per heavy atom. The SMILES string of the molecule is Cc1ccc2ccccc2c1C(Br)c1cc(Br)ccc1I. The maximum absolute atomic E-state index is 3.93. The third kappa shape index (κ3) is 3.06. The van der Waals surface area contributed by atoms with Crippen LogP contribution < -0.4 is 0 Å². The molecule has 0 bridgehead atoms. The van der Waals surface area contributed by atoms with Gasteiger partial charge in [-0.1, -0.05) is 68.3 Å². The minimum Gasteiger partial charge on any atom is -0.0786 e. The second kappa shape index (κ2) is 6.39. The maximum Gasteiger partial charge on any atom is 0.0663 e. The molecule has 3 rings (SSSR count). The van der Waals surface area contributed by atoms with Gasteiger partial charge in [-0.3, -0.25) is 0 Å². The number of hydrogen-bond donors (Lipinski definition) is 0. The lowest BCUT2D eigenvalue weighted by atomic mass is 9.94. The first-order valence-corrected chi connectivity index (χ1v) is 9.44. The molecule has 0 spiro atoms. The van der Waals surface area contributed by atoms with Crippen molar-refractivity contribution in [2.45, 2.75) is 11.8 Å². The van der Waals surface area contributed by atoms with Crippen LogP contribution >= 0.6 is 54.5 Å². The van der Waals surface area contributed by atoms with E-state index in [-0.39, 0.29) is 4.83 Å². The molecule has 1 unspecified atom stereocenters. The molecule has 0 fully saturated rings. The quantitative estimate of drug-likeness (QED) is 0.255.